The second-order valence-electron chi connectivity index (χ2n) is 3.90. The van der Waals surface area contributed by atoms with Crippen molar-refractivity contribution in [3.8, 4) is 0 Å². The predicted octanol–water partition coefficient (Wildman–Crippen LogP) is 1.88. The van der Waals surface area contributed by atoms with Crippen LogP contribution >= 0.6 is 0 Å². The lowest BCUT2D eigenvalue weighted by atomic mass is 9.82. The molecule has 0 fully saturated rings. The van der Waals surface area contributed by atoms with Crippen LogP contribution in [0.15, 0.2) is 18.2 Å². The SMILES string of the molecule is NC[C@H]1CCCc2ccc(C=O)cc21. The van der Waals surface area contributed by atoms with Crippen molar-refractivity contribution in [2.45, 2.75) is 25.2 Å². The molecule has 0 aromatic heterocycles. The van der Waals surface area contributed by atoms with Gasteiger partial charge in [-0.2, -0.15) is 0 Å². The van der Waals surface area contributed by atoms with Crippen molar-refractivity contribution in [1.82, 2.24) is 0 Å². The maximum Gasteiger partial charge on any atom is 0.150 e. The fourth-order valence-electron chi connectivity index (χ4n) is 2.23. The Labute approximate surface area is 84.1 Å². The van der Waals surface area contributed by atoms with Crippen molar-refractivity contribution in [2.24, 2.45) is 5.73 Å². The molecule has 0 unspecified atom stereocenters. The van der Waals surface area contributed by atoms with Gasteiger partial charge in [0.1, 0.15) is 6.29 Å². The number of hydrogen-bond acceptors (Lipinski definition) is 2. The summed E-state index contributed by atoms with van der Waals surface area (Å²) >= 11 is 0. The van der Waals surface area contributed by atoms with Crippen molar-refractivity contribution in [2.75, 3.05) is 6.54 Å². The molecule has 0 spiro atoms. The van der Waals surface area contributed by atoms with Gasteiger partial charge in [0.15, 0.2) is 0 Å². The normalized spacial score (nSPS) is 20.2. The highest BCUT2D eigenvalue weighted by Gasteiger charge is 2.18. The van der Waals surface area contributed by atoms with E-state index in [1.54, 1.807) is 0 Å². The topological polar surface area (TPSA) is 43.1 Å². The van der Waals surface area contributed by atoms with E-state index in [2.05, 4.69) is 6.07 Å². The molecule has 2 N–H and O–H groups in total. The lowest BCUT2D eigenvalue weighted by molar-refractivity contribution is 0.112. The summed E-state index contributed by atoms with van der Waals surface area (Å²) in [6, 6.07) is 5.96. The quantitative estimate of drug-likeness (QED) is 0.722. The van der Waals surface area contributed by atoms with Gasteiger partial charge >= 0.3 is 0 Å². The molecular weight excluding hydrogens is 174 g/mol. The number of aryl methyl sites for hydroxylation is 1. The van der Waals surface area contributed by atoms with Crippen LogP contribution < -0.4 is 5.73 Å². The molecule has 1 aliphatic rings. The molecule has 1 aromatic rings. The van der Waals surface area contributed by atoms with Crippen molar-refractivity contribution in [3.05, 3.63) is 34.9 Å². The first-order valence-corrected chi connectivity index (χ1v) is 5.13. The Balaban J connectivity index is 2.42. The smallest absolute Gasteiger partial charge is 0.150 e. The minimum atomic E-state index is 0.457. The third-order valence-electron chi connectivity index (χ3n) is 3.03. The number of benzene rings is 1. The molecular formula is C12H15NO. The van der Waals surface area contributed by atoms with Crippen LogP contribution in [0.3, 0.4) is 0 Å². The number of carbonyl (C=O) groups excluding carboxylic acids is 1. The van der Waals surface area contributed by atoms with Gasteiger partial charge in [0.05, 0.1) is 0 Å². The molecule has 2 nitrogen and oxygen atoms in total. The molecule has 0 radical (unpaired) electrons. The zero-order chi connectivity index (χ0) is 9.97. The molecule has 2 heteroatoms. The summed E-state index contributed by atoms with van der Waals surface area (Å²) in [4.78, 5) is 10.7. The van der Waals surface area contributed by atoms with Crippen LogP contribution in [0.2, 0.25) is 0 Å². The molecule has 0 saturated carbocycles. The van der Waals surface area contributed by atoms with Crippen molar-refractivity contribution < 1.29 is 4.79 Å². The van der Waals surface area contributed by atoms with E-state index in [9.17, 15) is 4.79 Å². The van der Waals surface area contributed by atoms with E-state index in [0.29, 0.717) is 12.5 Å². The van der Waals surface area contributed by atoms with E-state index in [-0.39, 0.29) is 0 Å². The first kappa shape index (κ1) is 9.41. The number of hydrogen-bond donors (Lipinski definition) is 1. The highest BCUT2D eigenvalue weighted by Crippen LogP contribution is 2.31. The van der Waals surface area contributed by atoms with E-state index in [4.69, 9.17) is 5.73 Å². The molecule has 0 bridgehead atoms. The molecule has 0 saturated heterocycles. The lowest BCUT2D eigenvalue weighted by Gasteiger charge is -2.24. The third-order valence-corrected chi connectivity index (χ3v) is 3.03. The molecule has 1 aliphatic carbocycles. The Kier molecular flexibility index (Phi) is 2.64. The minimum Gasteiger partial charge on any atom is -0.330 e. The Bertz CT molecular complexity index is 346. The lowest BCUT2D eigenvalue weighted by Crippen LogP contribution is -2.18. The third kappa shape index (κ3) is 1.58. The maximum absolute atomic E-state index is 10.7. The standard InChI is InChI=1S/C12H15NO/c13-7-11-3-1-2-10-5-4-9(8-14)6-12(10)11/h4-6,8,11H,1-3,7,13H2/t11-/m1/s1. The predicted molar refractivity (Wildman–Crippen MR) is 56.6 cm³/mol. The summed E-state index contributed by atoms with van der Waals surface area (Å²) < 4.78 is 0. The first-order chi connectivity index (χ1) is 6.85. The van der Waals surface area contributed by atoms with Crippen molar-refractivity contribution in [1.29, 1.82) is 0 Å². The van der Waals surface area contributed by atoms with Gasteiger partial charge in [-0.3, -0.25) is 4.79 Å². The van der Waals surface area contributed by atoms with Gasteiger partial charge in [0.25, 0.3) is 0 Å². The van der Waals surface area contributed by atoms with E-state index in [0.717, 1.165) is 24.7 Å². The summed E-state index contributed by atoms with van der Waals surface area (Å²) in [5.41, 5.74) is 9.16. The van der Waals surface area contributed by atoms with Gasteiger partial charge in [-0.1, -0.05) is 12.1 Å². The van der Waals surface area contributed by atoms with E-state index >= 15 is 0 Å². The van der Waals surface area contributed by atoms with Gasteiger partial charge in [-0.25, -0.2) is 0 Å². The number of aldehydes is 1. The Morgan fingerprint density at radius 3 is 3.07 bits per heavy atom. The maximum atomic E-state index is 10.7. The first-order valence-electron chi connectivity index (χ1n) is 5.13. The number of rotatable bonds is 2. The van der Waals surface area contributed by atoms with E-state index in [1.165, 1.54) is 17.5 Å². The minimum absolute atomic E-state index is 0.457. The molecule has 14 heavy (non-hydrogen) atoms. The molecule has 74 valence electrons. The summed E-state index contributed by atoms with van der Waals surface area (Å²) in [5, 5.41) is 0. The molecule has 0 amide bonds. The van der Waals surface area contributed by atoms with Gasteiger partial charge < -0.3 is 5.73 Å². The number of carbonyl (C=O) groups is 1. The summed E-state index contributed by atoms with van der Waals surface area (Å²) in [7, 11) is 0. The number of nitrogens with two attached hydrogens (primary N) is 1. The van der Waals surface area contributed by atoms with Crippen LogP contribution in [-0.4, -0.2) is 12.8 Å². The van der Waals surface area contributed by atoms with Gasteiger partial charge in [-0.15, -0.1) is 0 Å². The second kappa shape index (κ2) is 3.93. The zero-order valence-electron chi connectivity index (χ0n) is 8.20. The van der Waals surface area contributed by atoms with Gasteiger partial charge in [-0.05, 0) is 48.9 Å². The molecule has 2 rings (SSSR count). The molecule has 0 heterocycles. The van der Waals surface area contributed by atoms with Crippen LogP contribution in [0.5, 0.6) is 0 Å². The van der Waals surface area contributed by atoms with Crippen LogP contribution in [0, 0.1) is 0 Å². The van der Waals surface area contributed by atoms with Gasteiger partial charge in [0.2, 0.25) is 0 Å². The molecule has 1 aromatic carbocycles. The number of fused-ring (bicyclic) bond motifs is 1. The Morgan fingerprint density at radius 1 is 1.50 bits per heavy atom. The Hall–Kier alpha value is -1.15. The van der Waals surface area contributed by atoms with E-state index in [1.807, 2.05) is 12.1 Å². The summed E-state index contributed by atoms with van der Waals surface area (Å²) in [5.74, 6) is 0.457. The largest absolute Gasteiger partial charge is 0.330 e. The summed E-state index contributed by atoms with van der Waals surface area (Å²) in [6.45, 7) is 0.690. The zero-order valence-corrected chi connectivity index (χ0v) is 8.20. The van der Waals surface area contributed by atoms with Crippen molar-refractivity contribution in [3.63, 3.8) is 0 Å². The fourth-order valence-corrected chi connectivity index (χ4v) is 2.23. The van der Waals surface area contributed by atoms with Crippen LogP contribution in [0.25, 0.3) is 0 Å². The average Bonchev–Trinajstić information content (AvgIpc) is 2.27. The highest BCUT2D eigenvalue weighted by atomic mass is 16.1. The monoisotopic (exact) mass is 189 g/mol. The van der Waals surface area contributed by atoms with Crippen molar-refractivity contribution >= 4 is 6.29 Å². The second-order valence-corrected chi connectivity index (χ2v) is 3.90. The fraction of sp³-hybridized carbons (Fsp3) is 0.417. The molecule has 0 aliphatic heterocycles. The average molecular weight is 189 g/mol. The highest BCUT2D eigenvalue weighted by molar-refractivity contribution is 5.75. The van der Waals surface area contributed by atoms with Crippen LogP contribution in [-0.2, 0) is 6.42 Å². The summed E-state index contributed by atoms with van der Waals surface area (Å²) in [6.07, 6.45) is 4.41. The van der Waals surface area contributed by atoms with Gasteiger partial charge in [0, 0.05) is 5.56 Å². The van der Waals surface area contributed by atoms with E-state index < -0.39 is 0 Å². The van der Waals surface area contributed by atoms with Crippen LogP contribution in [0.1, 0.15) is 40.2 Å². The van der Waals surface area contributed by atoms with Crippen LogP contribution in [0.4, 0.5) is 0 Å². The molecule has 1 atom stereocenters. The Morgan fingerprint density at radius 2 is 2.36 bits per heavy atom.